The summed E-state index contributed by atoms with van der Waals surface area (Å²) >= 11 is 0. The monoisotopic (exact) mass is 279 g/mol. The average Bonchev–Trinajstić information content (AvgIpc) is 2.34. The van der Waals surface area contributed by atoms with Gasteiger partial charge in [0.1, 0.15) is 5.60 Å². The lowest BCUT2D eigenvalue weighted by atomic mass is 9.99. The molecule has 0 spiro atoms. The smallest absolute Gasteiger partial charge is 0.408 e. The van der Waals surface area contributed by atoms with Crippen LogP contribution in [0.4, 0.5) is 4.79 Å². The first-order valence-corrected chi connectivity index (χ1v) is 6.93. The number of aliphatic hydroxyl groups is 1. The summed E-state index contributed by atoms with van der Waals surface area (Å²) in [6.07, 6.45) is -0.524. The molecule has 0 saturated carbocycles. The van der Waals surface area contributed by atoms with Crippen molar-refractivity contribution >= 4 is 6.09 Å². The fourth-order valence-electron chi connectivity index (χ4n) is 1.80. The average molecular weight is 279 g/mol. The summed E-state index contributed by atoms with van der Waals surface area (Å²) in [4.78, 5) is 11.7. The van der Waals surface area contributed by atoms with Crippen LogP contribution in [-0.4, -0.2) is 23.4 Å². The van der Waals surface area contributed by atoms with E-state index >= 15 is 0 Å². The molecule has 4 heteroatoms. The number of aliphatic hydroxyl groups excluding tert-OH is 1. The zero-order valence-corrected chi connectivity index (χ0v) is 12.9. The second-order valence-corrected chi connectivity index (χ2v) is 6.20. The molecule has 0 aliphatic carbocycles. The Bertz CT molecular complexity index is 432. The van der Waals surface area contributed by atoms with Crippen LogP contribution in [-0.2, 0) is 4.74 Å². The van der Waals surface area contributed by atoms with Gasteiger partial charge in [0.15, 0.2) is 0 Å². The number of hydrogen-bond acceptors (Lipinski definition) is 3. The third-order valence-corrected chi connectivity index (χ3v) is 2.88. The van der Waals surface area contributed by atoms with Gasteiger partial charge in [-0.2, -0.15) is 0 Å². The Labute approximate surface area is 121 Å². The highest BCUT2D eigenvalue weighted by Gasteiger charge is 2.20. The fourth-order valence-corrected chi connectivity index (χ4v) is 1.80. The van der Waals surface area contributed by atoms with Gasteiger partial charge in [0, 0.05) is 0 Å². The van der Waals surface area contributed by atoms with E-state index in [1.807, 2.05) is 24.3 Å². The second-order valence-electron chi connectivity index (χ2n) is 6.20. The Hall–Kier alpha value is -1.55. The van der Waals surface area contributed by atoms with Gasteiger partial charge in [0.2, 0.25) is 0 Å². The molecule has 4 nitrogen and oxygen atoms in total. The number of nitrogens with one attached hydrogen (secondary N) is 1. The quantitative estimate of drug-likeness (QED) is 0.888. The van der Waals surface area contributed by atoms with E-state index in [1.165, 1.54) is 5.56 Å². The van der Waals surface area contributed by atoms with E-state index in [1.54, 1.807) is 20.8 Å². The molecule has 1 amide bonds. The van der Waals surface area contributed by atoms with Crippen molar-refractivity contribution in [2.75, 3.05) is 6.61 Å². The zero-order valence-electron chi connectivity index (χ0n) is 12.9. The van der Waals surface area contributed by atoms with Gasteiger partial charge >= 0.3 is 6.09 Å². The van der Waals surface area contributed by atoms with E-state index in [9.17, 15) is 9.90 Å². The highest BCUT2D eigenvalue weighted by atomic mass is 16.6. The Kier molecular flexibility index (Phi) is 5.57. The molecule has 0 bridgehead atoms. The van der Waals surface area contributed by atoms with E-state index in [0.29, 0.717) is 5.92 Å². The zero-order chi connectivity index (χ0) is 15.3. The van der Waals surface area contributed by atoms with Crippen LogP contribution in [0.15, 0.2) is 24.3 Å². The molecule has 0 fully saturated rings. The van der Waals surface area contributed by atoms with Crippen molar-refractivity contribution in [2.45, 2.75) is 52.2 Å². The Balaban J connectivity index is 2.73. The van der Waals surface area contributed by atoms with Crippen molar-refractivity contribution in [3.8, 4) is 0 Å². The fraction of sp³-hybridized carbons (Fsp3) is 0.562. The van der Waals surface area contributed by atoms with Gasteiger partial charge in [-0.05, 0) is 37.8 Å². The van der Waals surface area contributed by atoms with E-state index in [0.717, 1.165) is 5.56 Å². The third-order valence-electron chi connectivity index (χ3n) is 2.88. The van der Waals surface area contributed by atoms with Crippen molar-refractivity contribution in [1.29, 1.82) is 0 Å². The normalized spacial score (nSPS) is 13.2. The highest BCUT2D eigenvalue weighted by molar-refractivity contribution is 5.68. The van der Waals surface area contributed by atoms with Crippen molar-refractivity contribution in [3.05, 3.63) is 35.4 Å². The molecule has 112 valence electrons. The Morgan fingerprint density at radius 2 is 1.70 bits per heavy atom. The molecular weight excluding hydrogens is 254 g/mol. The molecule has 0 saturated heterocycles. The first kappa shape index (κ1) is 16.5. The number of carbonyl (C=O) groups is 1. The first-order valence-electron chi connectivity index (χ1n) is 6.93. The maximum Gasteiger partial charge on any atom is 0.408 e. The second kappa shape index (κ2) is 6.75. The van der Waals surface area contributed by atoms with Crippen LogP contribution < -0.4 is 5.32 Å². The maximum atomic E-state index is 11.7. The molecule has 1 atom stereocenters. The third kappa shape index (κ3) is 5.21. The predicted molar refractivity (Wildman–Crippen MR) is 79.7 cm³/mol. The number of ether oxygens (including phenoxy) is 1. The molecule has 1 rings (SSSR count). The summed E-state index contributed by atoms with van der Waals surface area (Å²) in [7, 11) is 0. The van der Waals surface area contributed by atoms with Crippen molar-refractivity contribution in [1.82, 2.24) is 5.32 Å². The maximum absolute atomic E-state index is 11.7. The lowest BCUT2D eigenvalue weighted by Crippen LogP contribution is -2.36. The molecule has 0 aromatic heterocycles. The van der Waals surface area contributed by atoms with Gasteiger partial charge in [-0.3, -0.25) is 0 Å². The van der Waals surface area contributed by atoms with Crippen LogP contribution in [0.2, 0.25) is 0 Å². The van der Waals surface area contributed by atoms with Gasteiger partial charge in [-0.15, -0.1) is 0 Å². The summed E-state index contributed by atoms with van der Waals surface area (Å²) < 4.78 is 5.19. The van der Waals surface area contributed by atoms with E-state index in [2.05, 4.69) is 19.2 Å². The summed E-state index contributed by atoms with van der Waals surface area (Å²) in [5.74, 6) is 0.454. The number of rotatable bonds is 4. The number of amides is 1. The van der Waals surface area contributed by atoms with Gasteiger partial charge in [-0.1, -0.05) is 38.1 Å². The standard InChI is InChI=1S/C16H25NO3/c1-11(2)12-6-8-13(9-7-12)14(10-18)17-15(19)20-16(3,4)5/h6-9,11,14,18H,10H2,1-5H3,(H,17,19)/t14-/m1/s1. The van der Waals surface area contributed by atoms with Gasteiger partial charge in [0.05, 0.1) is 12.6 Å². The Morgan fingerprint density at radius 3 is 2.10 bits per heavy atom. The first-order chi connectivity index (χ1) is 9.23. The van der Waals surface area contributed by atoms with Crippen molar-refractivity contribution in [2.24, 2.45) is 0 Å². The molecule has 20 heavy (non-hydrogen) atoms. The molecule has 2 N–H and O–H groups in total. The minimum atomic E-state index is -0.550. The Morgan fingerprint density at radius 1 is 1.20 bits per heavy atom. The predicted octanol–water partition coefficient (Wildman–Crippen LogP) is 3.37. The van der Waals surface area contributed by atoms with Gasteiger partial charge in [-0.25, -0.2) is 4.79 Å². The summed E-state index contributed by atoms with van der Waals surface area (Å²) in [5.41, 5.74) is 1.54. The number of alkyl carbamates (subject to hydrolysis) is 1. The number of hydrogen-bond donors (Lipinski definition) is 2. The molecule has 0 heterocycles. The van der Waals surface area contributed by atoms with E-state index in [-0.39, 0.29) is 6.61 Å². The lowest BCUT2D eigenvalue weighted by Gasteiger charge is -2.23. The summed E-state index contributed by atoms with van der Waals surface area (Å²) in [6, 6.07) is 7.42. The highest BCUT2D eigenvalue weighted by Crippen LogP contribution is 2.19. The SMILES string of the molecule is CC(C)c1ccc([C@@H](CO)NC(=O)OC(C)(C)C)cc1. The van der Waals surface area contributed by atoms with Crippen LogP contribution in [0.1, 0.15) is 57.7 Å². The van der Waals surface area contributed by atoms with Crippen LogP contribution in [0.25, 0.3) is 0 Å². The van der Waals surface area contributed by atoms with Crippen molar-refractivity contribution in [3.63, 3.8) is 0 Å². The summed E-state index contributed by atoms with van der Waals surface area (Å²) in [6.45, 7) is 9.49. The molecule has 0 aliphatic heterocycles. The van der Waals surface area contributed by atoms with Gasteiger partial charge in [0.25, 0.3) is 0 Å². The lowest BCUT2D eigenvalue weighted by molar-refractivity contribution is 0.0482. The van der Waals surface area contributed by atoms with E-state index in [4.69, 9.17) is 4.74 Å². The minimum absolute atomic E-state index is 0.166. The molecular formula is C16H25NO3. The number of benzene rings is 1. The molecule has 0 radical (unpaired) electrons. The van der Waals surface area contributed by atoms with Crippen LogP contribution >= 0.6 is 0 Å². The molecule has 0 unspecified atom stereocenters. The topological polar surface area (TPSA) is 58.6 Å². The van der Waals surface area contributed by atoms with Crippen molar-refractivity contribution < 1.29 is 14.6 Å². The summed E-state index contributed by atoms with van der Waals surface area (Å²) in [5, 5.41) is 12.1. The molecule has 1 aromatic carbocycles. The number of carbonyl (C=O) groups excluding carboxylic acids is 1. The largest absolute Gasteiger partial charge is 0.444 e. The van der Waals surface area contributed by atoms with Gasteiger partial charge < -0.3 is 15.2 Å². The van der Waals surface area contributed by atoms with Crippen LogP contribution in [0.3, 0.4) is 0 Å². The molecule has 0 aliphatic rings. The van der Waals surface area contributed by atoms with Crippen LogP contribution in [0.5, 0.6) is 0 Å². The molecule has 1 aromatic rings. The van der Waals surface area contributed by atoms with E-state index < -0.39 is 17.7 Å². The minimum Gasteiger partial charge on any atom is -0.444 e. The van der Waals surface area contributed by atoms with Crippen LogP contribution in [0, 0.1) is 0 Å².